The lowest BCUT2D eigenvalue weighted by atomic mass is 10.0. The number of carboxylic acid groups (broad SMARTS) is 1. The second-order valence-electron chi connectivity index (χ2n) is 2.81. The van der Waals surface area contributed by atoms with Crippen molar-refractivity contribution in [3.05, 3.63) is 0 Å². The molecule has 4 nitrogen and oxygen atoms in total. The number of rotatable bonds is 6. The Bertz CT molecular complexity index is 138. The summed E-state index contributed by atoms with van der Waals surface area (Å²) in [6, 6.07) is -0.505. The van der Waals surface area contributed by atoms with Crippen molar-refractivity contribution in [2.45, 2.75) is 19.9 Å². The van der Waals surface area contributed by atoms with Crippen molar-refractivity contribution in [1.82, 2.24) is 5.32 Å². The Morgan fingerprint density at radius 1 is 1.67 bits per heavy atom. The first-order chi connectivity index (χ1) is 5.63. The van der Waals surface area contributed by atoms with Gasteiger partial charge in [0.25, 0.3) is 0 Å². The number of carboxylic acids is 1. The maximum atomic E-state index is 10.7. The van der Waals surface area contributed by atoms with Crippen LogP contribution in [0.3, 0.4) is 0 Å². The third-order valence-corrected chi connectivity index (χ3v) is 1.69. The van der Waals surface area contributed by atoms with Crippen LogP contribution >= 0.6 is 0 Å². The normalized spacial score (nSPS) is 15.6. The molecule has 0 aromatic heterocycles. The van der Waals surface area contributed by atoms with E-state index in [0.29, 0.717) is 13.2 Å². The molecule has 12 heavy (non-hydrogen) atoms. The summed E-state index contributed by atoms with van der Waals surface area (Å²) < 4.78 is 4.88. The molecule has 2 unspecified atom stereocenters. The van der Waals surface area contributed by atoms with Gasteiger partial charge in [0.05, 0.1) is 6.61 Å². The van der Waals surface area contributed by atoms with Gasteiger partial charge in [-0.2, -0.15) is 0 Å². The third-order valence-electron chi connectivity index (χ3n) is 1.69. The lowest BCUT2D eigenvalue weighted by Crippen LogP contribution is -2.43. The monoisotopic (exact) mass is 175 g/mol. The highest BCUT2D eigenvalue weighted by molar-refractivity contribution is 5.73. The van der Waals surface area contributed by atoms with Gasteiger partial charge in [0, 0.05) is 13.0 Å². The Hall–Kier alpha value is -0.610. The van der Waals surface area contributed by atoms with E-state index in [9.17, 15) is 4.79 Å². The van der Waals surface area contributed by atoms with Crippen LogP contribution in [0.4, 0.5) is 0 Å². The van der Waals surface area contributed by atoms with Crippen molar-refractivity contribution in [3.63, 3.8) is 0 Å². The van der Waals surface area contributed by atoms with Gasteiger partial charge in [0.1, 0.15) is 6.04 Å². The molecule has 0 fully saturated rings. The van der Waals surface area contributed by atoms with Crippen LogP contribution in [0.25, 0.3) is 0 Å². The lowest BCUT2D eigenvalue weighted by Gasteiger charge is -2.19. The molecule has 0 heterocycles. The van der Waals surface area contributed by atoms with E-state index >= 15 is 0 Å². The Morgan fingerprint density at radius 3 is 2.58 bits per heavy atom. The van der Waals surface area contributed by atoms with Gasteiger partial charge in [0.15, 0.2) is 0 Å². The third kappa shape index (κ3) is 3.69. The summed E-state index contributed by atoms with van der Waals surface area (Å²) in [5.74, 6) is -0.825. The summed E-state index contributed by atoms with van der Waals surface area (Å²) in [7, 11) is 1.57. The van der Waals surface area contributed by atoms with Crippen molar-refractivity contribution in [1.29, 1.82) is 0 Å². The van der Waals surface area contributed by atoms with Crippen LogP contribution in [-0.4, -0.2) is 37.4 Å². The van der Waals surface area contributed by atoms with Gasteiger partial charge in [-0.3, -0.25) is 4.79 Å². The molecule has 0 saturated heterocycles. The van der Waals surface area contributed by atoms with Crippen LogP contribution in [0, 0.1) is 5.92 Å². The molecule has 0 aliphatic heterocycles. The Kier molecular flexibility index (Phi) is 5.66. The SMILES string of the molecule is CCNC(C(=O)O)C(C)COC. The van der Waals surface area contributed by atoms with Crippen molar-refractivity contribution in [3.8, 4) is 0 Å². The molecule has 0 aliphatic carbocycles. The molecular weight excluding hydrogens is 158 g/mol. The molecule has 0 saturated carbocycles. The first-order valence-electron chi connectivity index (χ1n) is 4.08. The van der Waals surface area contributed by atoms with Gasteiger partial charge in [-0.15, -0.1) is 0 Å². The van der Waals surface area contributed by atoms with E-state index in [1.54, 1.807) is 7.11 Å². The van der Waals surface area contributed by atoms with Gasteiger partial charge in [-0.25, -0.2) is 0 Å². The van der Waals surface area contributed by atoms with Crippen LogP contribution in [0.2, 0.25) is 0 Å². The molecular formula is C8H17NO3. The fourth-order valence-electron chi connectivity index (χ4n) is 1.11. The first kappa shape index (κ1) is 11.4. The predicted molar refractivity (Wildman–Crippen MR) is 46.1 cm³/mol. The summed E-state index contributed by atoms with van der Waals surface area (Å²) in [6.45, 7) is 4.86. The Balaban J connectivity index is 3.99. The summed E-state index contributed by atoms with van der Waals surface area (Å²) >= 11 is 0. The van der Waals surface area contributed by atoms with Crippen molar-refractivity contribution in [2.24, 2.45) is 5.92 Å². The Labute approximate surface area is 72.9 Å². The van der Waals surface area contributed by atoms with E-state index in [2.05, 4.69) is 5.32 Å². The number of methoxy groups -OCH3 is 1. The molecule has 0 aliphatic rings. The molecule has 72 valence electrons. The second-order valence-corrected chi connectivity index (χ2v) is 2.81. The number of ether oxygens (including phenoxy) is 1. The molecule has 0 aromatic rings. The molecule has 0 aromatic carbocycles. The minimum absolute atomic E-state index is 0.00699. The van der Waals surface area contributed by atoms with Gasteiger partial charge in [-0.1, -0.05) is 13.8 Å². The van der Waals surface area contributed by atoms with E-state index in [1.165, 1.54) is 0 Å². The predicted octanol–water partition coefficient (Wildman–Crippen LogP) is 0.332. The standard InChI is InChI=1S/C8H17NO3/c1-4-9-7(8(10)11)6(2)5-12-3/h6-7,9H,4-5H2,1-3H3,(H,10,11). The maximum absolute atomic E-state index is 10.7. The number of hydrogen-bond acceptors (Lipinski definition) is 3. The van der Waals surface area contributed by atoms with Crippen molar-refractivity contribution in [2.75, 3.05) is 20.3 Å². The highest BCUT2D eigenvalue weighted by atomic mass is 16.5. The summed E-state index contributed by atoms with van der Waals surface area (Å²) in [4.78, 5) is 10.7. The lowest BCUT2D eigenvalue weighted by molar-refractivity contribution is -0.141. The topological polar surface area (TPSA) is 58.6 Å². The van der Waals surface area contributed by atoms with Gasteiger partial charge in [-0.05, 0) is 6.54 Å². The molecule has 2 N–H and O–H groups in total. The van der Waals surface area contributed by atoms with Crippen LogP contribution in [0.15, 0.2) is 0 Å². The van der Waals surface area contributed by atoms with Gasteiger partial charge in [0.2, 0.25) is 0 Å². The number of likely N-dealkylation sites (N-methyl/N-ethyl adjacent to an activating group) is 1. The molecule has 4 heteroatoms. The second kappa shape index (κ2) is 5.97. The van der Waals surface area contributed by atoms with E-state index < -0.39 is 12.0 Å². The minimum Gasteiger partial charge on any atom is -0.480 e. The number of hydrogen-bond donors (Lipinski definition) is 2. The number of nitrogens with one attached hydrogen (secondary N) is 1. The molecule has 0 radical (unpaired) electrons. The number of aliphatic carboxylic acids is 1. The Morgan fingerprint density at radius 2 is 2.25 bits per heavy atom. The zero-order chi connectivity index (χ0) is 9.56. The molecule has 2 atom stereocenters. The highest BCUT2D eigenvalue weighted by Gasteiger charge is 2.22. The van der Waals surface area contributed by atoms with Crippen LogP contribution in [0.1, 0.15) is 13.8 Å². The van der Waals surface area contributed by atoms with Gasteiger partial charge >= 0.3 is 5.97 Å². The summed E-state index contributed by atoms with van der Waals surface area (Å²) in [5, 5.41) is 11.7. The fraction of sp³-hybridized carbons (Fsp3) is 0.875. The van der Waals surface area contributed by atoms with Crippen molar-refractivity contribution >= 4 is 5.97 Å². The molecule has 0 bridgehead atoms. The molecule has 0 amide bonds. The number of carbonyl (C=O) groups is 1. The van der Waals surface area contributed by atoms with Crippen molar-refractivity contribution < 1.29 is 14.6 Å². The average molecular weight is 175 g/mol. The van der Waals surface area contributed by atoms with Crippen LogP contribution in [-0.2, 0) is 9.53 Å². The smallest absolute Gasteiger partial charge is 0.321 e. The van der Waals surface area contributed by atoms with E-state index in [-0.39, 0.29) is 5.92 Å². The van der Waals surface area contributed by atoms with E-state index in [1.807, 2.05) is 13.8 Å². The highest BCUT2D eigenvalue weighted by Crippen LogP contribution is 2.03. The summed E-state index contributed by atoms with van der Waals surface area (Å²) in [5.41, 5.74) is 0. The largest absolute Gasteiger partial charge is 0.480 e. The first-order valence-corrected chi connectivity index (χ1v) is 4.08. The van der Waals surface area contributed by atoms with Crippen LogP contribution < -0.4 is 5.32 Å². The maximum Gasteiger partial charge on any atom is 0.321 e. The molecule has 0 rings (SSSR count). The van der Waals surface area contributed by atoms with Crippen LogP contribution in [0.5, 0.6) is 0 Å². The molecule has 0 spiro atoms. The quantitative estimate of drug-likeness (QED) is 0.611. The minimum atomic E-state index is -0.818. The fourth-order valence-corrected chi connectivity index (χ4v) is 1.11. The van der Waals surface area contributed by atoms with Gasteiger partial charge < -0.3 is 15.2 Å². The van der Waals surface area contributed by atoms with E-state index in [4.69, 9.17) is 9.84 Å². The van der Waals surface area contributed by atoms with E-state index in [0.717, 1.165) is 0 Å². The average Bonchev–Trinajstić information content (AvgIpc) is 1.99. The summed E-state index contributed by atoms with van der Waals surface area (Å²) in [6.07, 6.45) is 0. The zero-order valence-corrected chi connectivity index (χ0v) is 7.83. The zero-order valence-electron chi connectivity index (χ0n) is 7.83.